The molecule has 0 saturated heterocycles. The molecule has 1 amide bonds. The summed E-state index contributed by atoms with van der Waals surface area (Å²) in [6.07, 6.45) is 0.868. The van der Waals surface area contributed by atoms with Gasteiger partial charge in [0.15, 0.2) is 0 Å². The molecule has 0 saturated carbocycles. The first-order chi connectivity index (χ1) is 7.17. The highest BCUT2D eigenvalue weighted by atomic mass is 16.4. The van der Waals surface area contributed by atoms with Crippen molar-refractivity contribution in [2.45, 2.75) is 46.6 Å². The minimum absolute atomic E-state index is 0.0261. The third-order valence-electron chi connectivity index (χ3n) is 2.37. The second kappa shape index (κ2) is 5.72. The molecule has 0 rings (SSSR count). The maximum Gasteiger partial charge on any atom is 0.223 e. The van der Waals surface area contributed by atoms with E-state index in [1.165, 1.54) is 0 Å². The molecule has 0 fully saturated rings. The summed E-state index contributed by atoms with van der Waals surface area (Å²) in [5, 5.41) is 11.4. The molecule has 5 nitrogen and oxygen atoms in total. The Morgan fingerprint density at radius 2 is 2.00 bits per heavy atom. The molecule has 0 radical (unpaired) electrons. The topological polar surface area (TPSA) is 78.9 Å². The van der Waals surface area contributed by atoms with Crippen molar-refractivity contribution in [2.75, 3.05) is 7.05 Å². The molecule has 1 atom stereocenters. The first-order valence-electron chi connectivity index (χ1n) is 5.39. The van der Waals surface area contributed by atoms with Crippen molar-refractivity contribution in [3.8, 4) is 0 Å². The van der Waals surface area contributed by atoms with Gasteiger partial charge in [-0.3, -0.25) is 4.79 Å². The average Bonchev–Trinajstić information content (AvgIpc) is 2.13. The molecule has 16 heavy (non-hydrogen) atoms. The van der Waals surface area contributed by atoms with Crippen LogP contribution in [0.25, 0.3) is 0 Å². The van der Waals surface area contributed by atoms with Gasteiger partial charge < -0.3 is 15.8 Å². The van der Waals surface area contributed by atoms with E-state index < -0.39 is 0 Å². The number of carbonyl (C=O) groups is 1. The van der Waals surface area contributed by atoms with Gasteiger partial charge in [-0.05, 0) is 12.3 Å². The maximum absolute atomic E-state index is 11.9. The summed E-state index contributed by atoms with van der Waals surface area (Å²) in [6, 6.07) is -0.0641. The number of nitrogens with two attached hydrogens (primary N) is 1. The van der Waals surface area contributed by atoms with Crippen molar-refractivity contribution >= 4 is 11.7 Å². The molecular formula is C11H23N3O2. The van der Waals surface area contributed by atoms with Gasteiger partial charge in [-0.1, -0.05) is 25.9 Å². The molecule has 5 heteroatoms. The summed E-state index contributed by atoms with van der Waals surface area (Å²) in [7, 11) is 1.74. The van der Waals surface area contributed by atoms with Crippen LogP contribution in [0, 0.1) is 5.41 Å². The summed E-state index contributed by atoms with van der Waals surface area (Å²) in [5.41, 5.74) is 5.37. The van der Waals surface area contributed by atoms with Crippen molar-refractivity contribution in [3.63, 3.8) is 0 Å². The highest BCUT2D eigenvalue weighted by Gasteiger charge is 2.22. The van der Waals surface area contributed by atoms with E-state index in [4.69, 9.17) is 10.9 Å². The van der Waals surface area contributed by atoms with Gasteiger partial charge in [0, 0.05) is 25.9 Å². The second-order valence-corrected chi connectivity index (χ2v) is 5.39. The lowest BCUT2D eigenvalue weighted by Gasteiger charge is -2.28. The first kappa shape index (κ1) is 14.7. The maximum atomic E-state index is 11.9. The predicted molar refractivity (Wildman–Crippen MR) is 64.3 cm³/mol. The van der Waals surface area contributed by atoms with Gasteiger partial charge >= 0.3 is 0 Å². The number of amidine groups is 1. The number of amides is 1. The van der Waals surface area contributed by atoms with Gasteiger partial charge in [0.1, 0.15) is 5.84 Å². The summed E-state index contributed by atoms with van der Waals surface area (Å²) in [6.45, 7) is 7.94. The van der Waals surface area contributed by atoms with Crippen LogP contribution >= 0.6 is 0 Å². The van der Waals surface area contributed by atoms with Crippen LogP contribution in [0.15, 0.2) is 5.16 Å². The fourth-order valence-electron chi connectivity index (χ4n) is 1.30. The monoisotopic (exact) mass is 229 g/mol. The molecule has 0 bridgehead atoms. The molecule has 0 aliphatic carbocycles. The minimum Gasteiger partial charge on any atom is -0.409 e. The van der Waals surface area contributed by atoms with Crippen LogP contribution in [0.4, 0.5) is 0 Å². The van der Waals surface area contributed by atoms with Crippen molar-refractivity contribution in [1.82, 2.24) is 4.90 Å². The highest BCUT2D eigenvalue weighted by Crippen LogP contribution is 2.20. The fraction of sp³-hybridized carbons (Fsp3) is 0.818. The largest absolute Gasteiger partial charge is 0.409 e. The smallest absolute Gasteiger partial charge is 0.223 e. The molecule has 3 N–H and O–H groups in total. The molecule has 0 aromatic heterocycles. The number of hydrogen-bond donors (Lipinski definition) is 2. The molecule has 0 aliphatic heterocycles. The Morgan fingerprint density at radius 1 is 1.50 bits per heavy atom. The summed E-state index contributed by atoms with van der Waals surface area (Å²) in [5.74, 6) is 0.216. The van der Waals surface area contributed by atoms with E-state index in [9.17, 15) is 4.79 Å². The molecule has 0 aromatic carbocycles. The predicted octanol–water partition coefficient (Wildman–Crippen LogP) is 1.41. The van der Waals surface area contributed by atoms with Crippen LogP contribution in [0.3, 0.4) is 0 Å². The van der Waals surface area contributed by atoms with Crippen LogP contribution in [-0.4, -0.2) is 34.9 Å². The van der Waals surface area contributed by atoms with Crippen molar-refractivity contribution in [1.29, 1.82) is 0 Å². The van der Waals surface area contributed by atoms with Gasteiger partial charge in [-0.25, -0.2) is 0 Å². The van der Waals surface area contributed by atoms with E-state index in [-0.39, 0.29) is 23.2 Å². The highest BCUT2D eigenvalue weighted by molar-refractivity contribution is 5.82. The lowest BCUT2D eigenvalue weighted by molar-refractivity contribution is -0.133. The molecular weight excluding hydrogens is 206 g/mol. The van der Waals surface area contributed by atoms with Crippen LogP contribution < -0.4 is 5.73 Å². The van der Waals surface area contributed by atoms with E-state index in [0.29, 0.717) is 12.8 Å². The number of carbonyl (C=O) groups excluding carboxylic acids is 1. The fourth-order valence-corrected chi connectivity index (χ4v) is 1.30. The van der Waals surface area contributed by atoms with E-state index in [1.807, 2.05) is 27.7 Å². The van der Waals surface area contributed by atoms with Crippen LogP contribution in [-0.2, 0) is 4.79 Å². The van der Waals surface area contributed by atoms with Gasteiger partial charge in [0.2, 0.25) is 5.91 Å². The lowest BCUT2D eigenvalue weighted by atomic mass is 9.91. The zero-order chi connectivity index (χ0) is 12.9. The Kier molecular flexibility index (Phi) is 5.27. The normalized spacial score (nSPS) is 14.7. The van der Waals surface area contributed by atoms with Crippen LogP contribution in [0.5, 0.6) is 0 Å². The average molecular weight is 229 g/mol. The third kappa shape index (κ3) is 5.58. The number of nitrogens with zero attached hydrogens (tertiary/aromatic N) is 2. The Balaban J connectivity index is 4.33. The Hall–Kier alpha value is -1.26. The number of rotatable bonds is 4. The van der Waals surface area contributed by atoms with Gasteiger partial charge in [-0.2, -0.15) is 0 Å². The van der Waals surface area contributed by atoms with Crippen LogP contribution in [0.1, 0.15) is 40.5 Å². The molecule has 0 spiro atoms. The van der Waals surface area contributed by atoms with Crippen molar-refractivity contribution < 1.29 is 10.0 Å². The quantitative estimate of drug-likeness (QED) is 0.331. The third-order valence-corrected chi connectivity index (χ3v) is 2.37. The molecule has 1 unspecified atom stereocenters. The van der Waals surface area contributed by atoms with Gasteiger partial charge in [0.05, 0.1) is 0 Å². The summed E-state index contributed by atoms with van der Waals surface area (Å²) in [4.78, 5) is 13.5. The summed E-state index contributed by atoms with van der Waals surface area (Å²) >= 11 is 0. The standard InChI is InChI=1S/C11H23N3O2/c1-8(6-9(12)13-16)14(5)10(15)7-11(2,3)4/h8,16H,6-7H2,1-5H3,(H2,12,13). The number of oxime groups is 1. The Bertz CT molecular complexity index is 269. The molecule has 94 valence electrons. The second-order valence-electron chi connectivity index (χ2n) is 5.39. The lowest BCUT2D eigenvalue weighted by Crippen LogP contribution is -2.39. The van der Waals surface area contributed by atoms with Crippen LogP contribution in [0.2, 0.25) is 0 Å². The first-order valence-corrected chi connectivity index (χ1v) is 5.39. The molecule has 0 aliphatic rings. The van der Waals surface area contributed by atoms with E-state index in [2.05, 4.69) is 5.16 Å². The van der Waals surface area contributed by atoms with Gasteiger partial charge in [0.25, 0.3) is 0 Å². The Morgan fingerprint density at radius 3 is 2.38 bits per heavy atom. The van der Waals surface area contributed by atoms with E-state index >= 15 is 0 Å². The van der Waals surface area contributed by atoms with Crippen molar-refractivity contribution in [3.05, 3.63) is 0 Å². The van der Waals surface area contributed by atoms with Crippen molar-refractivity contribution in [2.24, 2.45) is 16.3 Å². The minimum atomic E-state index is -0.0641. The van der Waals surface area contributed by atoms with Gasteiger partial charge in [-0.15, -0.1) is 0 Å². The number of hydrogen-bond acceptors (Lipinski definition) is 3. The zero-order valence-corrected chi connectivity index (χ0v) is 10.8. The SMILES string of the molecule is CC(CC(N)=NO)N(C)C(=O)CC(C)(C)C. The molecule has 0 aromatic rings. The summed E-state index contributed by atoms with van der Waals surface area (Å²) < 4.78 is 0. The van der Waals surface area contributed by atoms with E-state index in [0.717, 1.165) is 0 Å². The zero-order valence-electron chi connectivity index (χ0n) is 10.8. The molecule has 0 heterocycles. The van der Waals surface area contributed by atoms with E-state index in [1.54, 1.807) is 11.9 Å². The Labute approximate surface area is 97.3 Å².